The highest BCUT2D eigenvalue weighted by Crippen LogP contribution is 2.32. The third-order valence-corrected chi connectivity index (χ3v) is 4.60. The molecule has 1 heterocycles. The second-order valence-electron chi connectivity index (χ2n) is 3.51. The fourth-order valence-electron chi connectivity index (χ4n) is 1.41. The lowest BCUT2D eigenvalue weighted by molar-refractivity contribution is -0.121. The second kappa shape index (κ2) is 7.25. The molecule has 0 unspecified atom stereocenters. The van der Waals surface area contributed by atoms with Crippen molar-refractivity contribution in [3.05, 3.63) is 19.2 Å². The Hall–Kier alpha value is -0.400. The molecule has 0 bridgehead atoms. The standard InChI is InChI=1S/C11H14Br2N2O2S/c1-3-14-9(16)6-15(4-2)11(17)7-5-8(12)18-10(7)13/h5H,3-4,6H2,1-2H3,(H,14,16). The van der Waals surface area contributed by atoms with Crippen LogP contribution in [0.5, 0.6) is 0 Å². The molecule has 0 aliphatic heterocycles. The van der Waals surface area contributed by atoms with Crippen LogP contribution in [-0.2, 0) is 4.79 Å². The van der Waals surface area contributed by atoms with E-state index in [9.17, 15) is 9.59 Å². The highest BCUT2D eigenvalue weighted by molar-refractivity contribution is 9.12. The first kappa shape index (κ1) is 15.7. The van der Waals surface area contributed by atoms with Gasteiger partial charge in [-0.05, 0) is 51.8 Å². The Morgan fingerprint density at radius 2 is 2.06 bits per heavy atom. The Morgan fingerprint density at radius 1 is 1.39 bits per heavy atom. The van der Waals surface area contributed by atoms with Crippen molar-refractivity contribution in [2.45, 2.75) is 13.8 Å². The van der Waals surface area contributed by atoms with Crippen molar-refractivity contribution in [3.8, 4) is 0 Å². The van der Waals surface area contributed by atoms with Crippen LogP contribution in [0.2, 0.25) is 0 Å². The van der Waals surface area contributed by atoms with Gasteiger partial charge in [-0.25, -0.2) is 0 Å². The van der Waals surface area contributed by atoms with E-state index in [1.54, 1.807) is 6.07 Å². The molecule has 0 aliphatic carbocycles. The first-order valence-electron chi connectivity index (χ1n) is 5.50. The van der Waals surface area contributed by atoms with Gasteiger partial charge in [0.15, 0.2) is 0 Å². The number of halogens is 2. The Balaban J connectivity index is 2.79. The van der Waals surface area contributed by atoms with Crippen LogP contribution in [0.15, 0.2) is 13.6 Å². The van der Waals surface area contributed by atoms with E-state index in [0.717, 1.165) is 7.57 Å². The molecule has 4 nitrogen and oxygen atoms in total. The number of amides is 2. The predicted molar refractivity (Wildman–Crippen MR) is 80.0 cm³/mol. The van der Waals surface area contributed by atoms with E-state index in [1.165, 1.54) is 16.2 Å². The Morgan fingerprint density at radius 3 is 2.50 bits per heavy atom. The molecular weight excluding hydrogens is 384 g/mol. The number of hydrogen-bond acceptors (Lipinski definition) is 3. The zero-order valence-electron chi connectivity index (χ0n) is 10.1. The summed E-state index contributed by atoms with van der Waals surface area (Å²) in [5.74, 6) is -0.282. The fourth-order valence-corrected chi connectivity index (χ4v) is 4.19. The first-order chi connectivity index (χ1) is 8.49. The molecule has 1 aromatic rings. The van der Waals surface area contributed by atoms with Gasteiger partial charge in [-0.2, -0.15) is 0 Å². The van der Waals surface area contributed by atoms with Crippen molar-refractivity contribution in [2.24, 2.45) is 0 Å². The quantitative estimate of drug-likeness (QED) is 0.830. The molecule has 0 radical (unpaired) electrons. The molecule has 1 N–H and O–H groups in total. The molecule has 0 aliphatic rings. The normalized spacial score (nSPS) is 10.2. The number of nitrogens with zero attached hydrogens (tertiary/aromatic N) is 1. The molecule has 100 valence electrons. The molecule has 0 atom stereocenters. The van der Waals surface area contributed by atoms with Gasteiger partial charge in [0.1, 0.15) is 0 Å². The summed E-state index contributed by atoms with van der Waals surface area (Å²) in [6.07, 6.45) is 0. The molecule has 18 heavy (non-hydrogen) atoms. The summed E-state index contributed by atoms with van der Waals surface area (Å²) in [6, 6.07) is 1.76. The molecule has 2 amide bonds. The van der Waals surface area contributed by atoms with E-state index in [4.69, 9.17) is 0 Å². The van der Waals surface area contributed by atoms with E-state index in [2.05, 4.69) is 37.2 Å². The number of nitrogens with one attached hydrogen (secondary N) is 1. The molecule has 0 spiro atoms. The van der Waals surface area contributed by atoms with Gasteiger partial charge in [-0.15, -0.1) is 11.3 Å². The summed E-state index contributed by atoms with van der Waals surface area (Å²) in [7, 11) is 0. The topological polar surface area (TPSA) is 49.4 Å². The second-order valence-corrected chi connectivity index (χ2v) is 7.26. The van der Waals surface area contributed by atoms with Gasteiger partial charge in [0, 0.05) is 13.1 Å². The lowest BCUT2D eigenvalue weighted by Gasteiger charge is -2.19. The van der Waals surface area contributed by atoms with Crippen LogP contribution in [0, 0.1) is 0 Å². The monoisotopic (exact) mass is 396 g/mol. The minimum atomic E-state index is -0.141. The van der Waals surface area contributed by atoms with E-state index in [0.29, 0.717) is 18.7 Å². The van der Waals surface area contributed by atoms with Crippen LogP contribution in [0.4, 0.5) is 0 Å². The summed E-state index contributed by atoms with van der Waals surface area (Å²) >= 11 is 8.13. The minimum absolute atomic E-state index is 0.0864. The van der Waals surface area contributed by atoms with Crippen molar-refractivity contribution in [1.29, 1.82) is 0 Å². The van der Waals surface area contributed by atoms with E-state index >= 15 is 0 Å². The van der Waals surface area contributed by atoms with Crippen LogP contribution in [0.1, 0.15) is 24.2 Å². The van der Waals surface area contributed by atoms with Crippen molar-refractivity contribution in [3.63, 3.8) is 0 Å². The SMILES string of the molecule is CCNC(=O)CN(CC)C(=O)c1cc(Br)sc1Br. The van der Waals surface area contributed by atoms with E-state index in [1.807, 2.05) is 13.8 Å². The minimum Gasteiger partial charge on any atom is -0.355 e. The van der Waals surface area contributed by atoms with Crippen LogP contribution in [0.25, 0.3) is 0 Å². The summed E-state index contributed by atoms with van der Waals surface area (Å²) in [6.45, 7) is 4.85. The smallest absolute Gasteiger partial charge is 0.256 e. The van der Waals surface area contributed by atoms with E-state index in [-0.39, 0.29) is 18.4 Å². The number of likely N-dealkylation sites (N-methyl/N-ethyl adjacent to an activating group) is 2. The largest absolute Gasteiger partial charge is 0.355 e. The number of carbonyl (C=O) groups is 2. The van der Waals surface area contributed by atoms with Gasteiger partial charge in [-0.3, -0.25) is 9.59 Å². The van der Waals surface area contributed by atoms with Crippen LogP contribution in [-0.4, -0.2) is 36.3 Å². The Bertz CT molecular complexity index is 448. The highest BCUT2D eigenvalue weighted by atomic mass is 79.9. The summed E-state index contributed by atoms with van der Waals surface area (Å²) in [4.78, 5) is 25.3. The van der Waals surface area contributed by atoms with Gasteiger partial charge < -0.3 is 10.2 Å². The zero-order chi connectivity index (χ0) is 13.7. The maximum atomic E-state index is 12.3. The number of thiophene rings is 1. The number of rotatable bonds is 5. The van der Waals surface area contributed by atoms with Crippen molar-refractivity contribution in [1.82, 2.24) is 10.2 Å². The van der Waals surface area contributed by atoms with E-state index < -0.39 is 0 Å². The third kappa shape index (κ3) is 4.07. The summed E-state index contributed by atoms with van der Waals surface area (Å²) < 4.78 is 1.65. The summed E-state index contributed by atoms with van der Waals surface area (Å²) in [5, 5.41) is 2.69. The number of hydrogen-bond donors (Lipinski definition) is 1. The zero-order valence-corrected chi connectivity index (χ0v) is 14.1. The average Bonchev–Trinajstić information content (AvgIpc) is 2.65. The predicted octanol–water partition coefficient (Wildman–Crippen LogP) is 2.87. The fraction of sp³-hybridized carbons (Fsp3) is 0.455. The molecule has 7 heteroatoms. The van der Waals surface area contributed by atoms with Crippen LogP contribution >= 0.6 is 43.2 Å². The van der Waals surface area contributed by atoms with Gasteiger partial charge in [0.2, 0.25) is 5.91 Å². The van der Waals surface area contributed by atoms with Gasteiger partial charge >= 0.3 is 0 Å². The maximum Gasteiger partial charge on any atom is 0.256 e. The lowest BCUT2D eigenvalue weighted by atomic mass is 10.3. The van der Waals surface area contributed by atoms with Crippen molar-refractivity contribution in [2.75, 3.05) is 19.6 Å². The Kier molecular flexibility index (Phi) is 6.31. The summed E-state index contributed by atoms with van der Waals surface area (Å²) in [5.41, 5.74) is 0.582. The van der Waals surface area contributed by atoms with Gasteiger partial charge in [0.05, 0.1) is 19.7 Å². The molecule has 0 saturated carbocycles. The average molecular weight is 398 g/mol. The van der Waals surface area contributed by atoms with Crippen molar-refractivity contribution < 1.29 is 9.59 Å². The molecule has 1 rings (SSSR count). The Labute approximate surface area is 127 Å². The molecular formula is C11H14Br2N2O2S. The van der Waals surface area contributed by atoms with Gasteiger partial charge in [0.25, 0.3) is 5.91 Å². The van der Waals surface area contributed by atoms with Gasteiger partial charge in [-0.1, -0.05) is 0 Å². The van der Waals surface area contributed by atoms with Crippen molar-refractivity contribution >= 4 is 55.0 Å². The first-order valence-corrected chi connectivity index (χ1v) is 7.90. The number of carbonyl (C=O) groups excluding carboxylic acids is 2. The lowest BCUT2D eigenvalue weighted by Crippen LogP contribution is -2.40. The van der Waals surface area contributed by atoms with Crippen LogP contribution in [0.3, 0.4) is 0 Å². The highest BCUT2D eigenvalue weighted by Gasteiger charge is 2.21. The molecule has 0 fully saturated rings. The maximum absolute atomic E-state index is 12.3. The molecule has 1 aromatic heterocycles. The third-order valence-electron chi connectivity index (χ3n) is 2.26. The molecule has 0 aromatic carbocycles. The van der Waals surface area contributed by atoms with Crippen LogP contribution < -0.4 is 5.32 Å². The molecule has 0 saturated heterocycles.